The second-order valence-electron chi connectivity index (χ2n) is 7.72. The smallest absolute Gasteiger partial charge is 0.269 e. The lowest BCUT2D eigenvalue weighted by molar-refractivity contribution is -0.136. The van der Waals surface area contributed by atoms with E-state index in [1.54, 1.807) is 11.8 Å². The summed E-state index contributed by atoms with van der Waals surface area (Å²) in [5.41, 5.74) is 0.254. The van der Waals surface area contributed by atoms with E-state index in [1.165, 1.54) is 6.07 Å². The van der Waals surface area contributed by atoms with E-state index in [-0.39, 0.29) is 53.7 Å². The van der Waals surface area contributed by atoms with Crippen molar-refractivity contribution in [3.05, 3.63) is 63.5 Å². The van der Waals surface area contributed by atoms with Gasteiger partial charge in [0.05, 0.1) is 22.8 Å². The van der Waals surface area contributed by atoms with E-state index in [0.717, 1.165) is 0 Å². The number of halogens is 3. The molecule has 3 rings (SSSR count). The van der Waals surface area contributed by atoms with Crippen molar-refractivity contribution in [3.63, 3.8) is 0 Å². The zero-order valence-corrected chi connectivity index (χ0v) is 21.0. The average molecular weight is 539 g/mol. The van der Waals surface area contributed by atoms with Gasteiger partial charge in [0.2, 0.25) is 11.8 Å². The molecule has 0 bridgehead atoms. The third-order valence-corrected chi connectivity index (χ3v) is 5.55. The van der Waals surface area contributed by atoms with Gasteiger partial charge in [-0.3, -0.25) is 19.5 Å². The molecule has 11 nitrogen and oxygen atoms in total. The van der Waals surface area contributed by atoms with Gasteiger partial charge in [-0.2, -0.15) is 5.10 Å². The van der Waals surface area contributed by atoms with E-state index < -0.39 is 23.4 Å². The number of nitrogens with zero attached hydrogens (tertiary/aromatic N) is 3. The molecule has 14 heteroatoms. The molecule has 0 saturated carbocycles. The SMILES string of the molecule is CCN(CC)C(=O)COCc1nc(C)c(CNC(=O)c2cc(NC(=O)c3cc(F)c(F)cc3Cl)n[nH]2)o1. The minimum Gasteiger partial charge on any atom is -0.441 e. The van der Waals surface area contributed by atoms with Crippen LogP contribution in [-0.4, -0.2) is 57.5 Å². The van der Waals surface area contributed by atoms with Crippen molar-refractivity contribution >= 4 is 35.1 Å². The lowest BCUT2D eigenvalue weighted by atomic mass is 10.2. The normalized spacial score (nSPS) is 10.9. The van der Waals surface area contributed by atoms with Crippen LogP contribution in [0.4, 0.5) is 14.6 Å². The van der Waals surface area contributed by atoms with Crippen LogP contribution < -0.4 is 10.6 Å². The van der Waals surface area contributed by atoms with Crippen LogP contribution in [-0.2, 0) is 22.7 Å². The molecule has 0 atom stereocenters. The number of rotatable bonds is 11. The summed E-state index contributed by atoms with van der Waals surface area (Å²) in [6.07, 6.45) is 0. The number of amides is 3. The van der Waals surface area contributed by atoms with Crippen LogP contribution in [0.15, 0.2) is 22.6 Å². The van der Waals surface area contributed by atoms with Gasteiger partial charge >= 0.3 is 0 Å². The molecule has 0 unspecified atom stereocenters. The minimum absolute atomic E-state index is 0.00121. The van der Waals surface area contributed by atoms with Crippen molar-refractivity contribution < 1.29 is 32.3 Å². The molecule has 0 aliphatic carbocycles. The molecule has 0 radical (unpaired) electrons. The number of hydrogen-bond acceptors (Lipinski definition) is 7. The van der Waals surface area contributed by atoms with Crippen LogP contribution in [0.25, 0.3) is 0 Å². The number of H-pyrrole nitrogens is 1. The van der Waals surface area contributed by atoms with Crippen molar-refractivity contribution in [3.8, 4) is 0 Å². The summed E-state index contributed by atoms with van der Waals surface area (Å²) in [5, 5.41) is 11.0. The van der Waals surface area contributed by atoms with Crippen molar-refractivity contribution in [2.75, 3.05) is 25.0 Å². The molecule has 198 valence electrons. The number of anilines is 1. The van der Waals surface area contributed by atoms with E-state index >= 15 is 0 Å². The topological polar surface area (TPSA) is 142 Å². The maximum atomic E-state index is 13.4. The molecule has 37 heavy (non-hydrogen) atoms. The van der Waals surface area contributed by atoms with Gasteiger partial charge in [0, 0.05) is 19.2 Å². The monoisotopic (exact) mass is 538 g/mol. The third kappa shape index (κ3) is 7.11. The molecule has 0 saturated heterocycles. The number of nitrogens with one attached hydrogen (secondary N) is 3. The highest BCUT2D eigenvalue weighted by Gasteiger charge is 2.18. The Morgan fingerprint density at radius 1 is 1.14 bits per heavy atom. The van der Waals surface area contributed by atoms with Crippen molar-refractivity contribution in [1.82, 2.24) is 25.4 Å². The quantitative estimate of drug-likeness (QED) is 0.318. The number of hydrogen-bond donors (Lipinski definition) is 3. The maximum absolute atomic E-state index is 13.4. The fourth-order valence-electron chi connectivity index (χ4n) is 3.25. The zero-order valence-electron chi connectivity index (χ0n) is 20.3. The summed E-state index contributed by atoms with van der Waals surface area (Å²) >= 11 is 5.80. The molecule has 0 fully saturated rings. The van der Waals surface area contributed by atoms with E-state index in [0.29, 0.717) is 36.7 Å². The number of benzene rings is 1. The predicted octanol–water partition coefficient (Wildman–Crippen LogP) is 3.21. The number of aryl methyl sites for hydroxylation is 1. The number of aromatic nitrogens is 3. The van der Waals surface area contributed by atoms with Gasteiger partial charge in [-0.15, -0.1) is 0 Å². The first-order chi connectivity index (χ1) is 17.6. The Labute approximate surface area is 215 Å². The van der Waals surface area contributed by atoms with Crippen molar-refractivity contribution in [2.45, 2.75) is 33.9 Å². The zero-order chi connectivity index (χ0) is 27.1. The Morgan fingerprint density at radius 2 is 1.84 bits per heavy atom. The molecule has 3 amide bonds. The Kier molecular flexibility index (Phi) is 9.31. The molecule has 0 aliphatic heterocycles. The first kappa shape index (κ1) is 27.7. The Balaban J connectivity index is 1.52. The highest BCUT2D eigenvalue weighted by Crippen LogP contribution is 2.21. The summed E-state index contributed by atoms with van der Waals surface area (Å²) in [7, 11) is 0. The molecule has 3 N–H and O–H groups in total. The molecule has 0 spiro atoms. The minimum atomic E-state index is -1.23. The van der Waals surface area contributed by atoms with E-state index in [2.05, 4.69) is 25.8 Å². The van der Waals surface area contributed by atoms with Crippen LogP contribution in [0.1, 0.15) is 52.0 Å². The fraction of sp³-hybridized carbons (Fsp3) is 0.348. The second kappa shape index (κ2) is 12.4. The van der Waals surface area contributed by atoms with Gasteiger partial charge in [-0.1, -0.05) is 11.6 Å². The van der Waals surface area contributed by atoms with Crippen molar-refractivity contribution in [2.24, 2.45) is 0 Å². The number of aromatic amines is 1. The summed E-state index contributed by atoms with van der Waals surface area (Å²) in [5.74, 6) is -3.34. The van der Waals surface area contributed by atoms with Gasteiger partial charge in [0.15, 0.2) is 17.5 Å². The predicted molar refractivity (Wildman–Crippen MR) is 128 cm³/mol. The van der Waals surface area contributed by atoms with Crippen LogP contribution >= 0.6 is 11.6 Å². The fourth-order valence-corrected chi connectivity index (χ4v) is 3.48. The van der Waals surface area contributed by atoms with E-state index in [1.807, 2.05) is 13.8 Å². The molecule has 2 heterocycles. The molecule has 0 aliphatic rings. The van der Waals surface area contributed by atoms with E-state index in [4.69, 9.17) is 20.8 Å². The highest BCUT2D eigenvalue weighted by atomic mass is 35.5. The van der Waals surface area contributed by atoms with Crippen LogP contribution in [0, 0.1) is 18.6 Å². The highest BCUT2D eigenvalue weighted by molar-refractivity contribution is 6.34. The summed E-state index contributed by atoms with van der Waals surface area (Å²) in [6, 6.07) is 2.60. The lowest BCUT2D eigenvalue weighted by Crippen LogP contribution is -2.33. The summed E-state index contributed by atoms with van der Waals surface area (Å²) in [4.78, 5) is 42.7. The number of carbonyl (C=O) groups excluding carboxylic acids is 3. The largest absolute Gasteiger partial charge is 0.441 e. The Hall–Kier alpha value is -3.84. The average Bonchev–Trinajstić information content (AvgIpc) is 3.46. The van der Waals surface area contributed by atoms with Gasteiger partial charge in [-0.05, 0) is 32.9 Å². The Bertz CT molecular complexity index is 1290. The molecular formula is C23H25ClF2N6O5. The second-order valence-corrected chi connectivity index (χ2v) is 8.13. The molecule has 3 aromatic rings. The molecule has 1 aromatic carbocycles. The summed E-state index contributed by atoms with van der Waals surface area (Å²) < 4.78 is 37.7. The van der Waals surface area contributed by atoms with E-state index in [9.17, 15) is 23.2 Å². The van der Waals surface area contributed by atoms with Gasteiger partial charge in [0.25, 0.3) is 11.8 Å². The van der Waals surface area contributed by atoms with Crippen LogP contribution in [0.2, 0.25) is 5.02 Å². The number of carbonyl (C=O) groups is 3. The standard InChI is InChI=1S/C23H25ClF2N6O5/c1-4-32(5-2)21(33)11-36-10-20-28-12(3)18(37-20)9-27-23(35)17-8-19(31-30-17)29-22(34)13-6-15(25)16(26)7-14(13)24/h6-8H,4-5,9-11H2,1-3H3,(H,27,35)(H2,29,30,31,34). The first-order valence-electron chi connectivity index (χ1n) is 11.2. The van der Waals surface area contributed by atoms with Crippen LogP contribution in [0.5, 0.6) is 0 Å². The van der Waals surface area contributed by atoms with Crippen LogP contribution in [0.3, 0.4) is 0 Å². The number of oxazole rings is 1. The third-order valence-electron chi connectivity index (χ3n) is 5.23. The van der Waals surface area contributed by atoms with Crippen molar-refractivity contribution in [1.29, 1.82) is 0 Å². The lowest BCUT2D eigenvalue weighted by Gasteiger charge is -2.17. The Morgan fingerprint density at radius 3 is 2.54 bits per heavy atom. The maximum Gasteiger partial charge on any atom is 0.269 e. The molecule has 2 aromatic heterocycles. The first-order valence-corrected chi connectivity index (χ1v) is 11.6. The van der Waals surface area contributed by atoms with Gasteiger partial charge in [-0.25, -0.2) is 13.8 Å². The van der Waals surface area contributed by atoms with Gasteiger partial charge < -0.3 is 24.7 Å². The summed E-state index contributed by atoms with van der Waals surface area (Å²) in [6.45, 7) is 6.53. The molecular weight excluding hydrogens is 514 g/mol. The number of likely N-dealkylation sites (N-methyl/N-ethyl adjacent to an activating group) is 1. The van der Waals surface area contributed by atoms with Gasteiger partial charge in [0.1, 0.15) is 24.7 Å². The number of ether oxygens (including phenoxy) is 1.